The first-order chi connectivity index (χ1) is 17.2. The predicted molar refractivity (Wildman–Crippen MR) is 134 cm³/mol. The molecular formula is C26H26F2N6O2. The molecule has 8 nitrogen and oxygen atoms in total. The number of aromatic nitrogens is 4. The minimum absolute atomic E-state index is 0.157. The number of carbonyl (C=O) groups excluding carboxylic acids is 1. The molecule has 1 fully saturated rings. The predicted octanol–water partition coefficient (Wildman–Crippen LogP) is 4.54. The number of nitrogens with one attached hydrogen (secondary N) is 1. The standard InChI is InChI=1S/C26H26F2N6O2/c1-15(2)33-22-9-7-20(24(17(22)13-29-33)32-12-11-16(3)14-32)30-26(36)21-8-10-23(35)34(31-21)25-18(27)5-4-6-19(25)28/h4-10,13,15-16H,11-12,14H2,1-3H3,(H,30,36)/t16-/m0/s1. The average molecular weight is 493 g/mol. The van der Waals surface area contributed by atoms with Crippen molar-refractivity contribution in [2.75, 3.05) is 23.3 Å². The maximum Gasteiger partial charge on any atom is 0.276 e. The van der Waals surface area contributed by atoms with E-state index in [1.807, 2.05) is 23.0 Å². The average Bonchev–Trinajstić information content (AvgIpc) is 3.46. The lowest BCUT2D eigenvalue weighted by Crippen LogP contribution is -2.27. The Morgan fingerprint density at radius 3 is 2.50 bits per heavy atom. The number of fused-ring (bicyclic) bond motifs is 1. The van der Waals surface area contributed by atoms with Gasteiger partial charge in [-0.15, -0.1) is 0 Å². The maximum absolute atomic E-state index is 14.3. The number of amides is 1. The van der Waals surface area contributed by atoms with Crippen LogP contribution in [-0.4, -0.2) is 38.6 Å². The molecule has 4 aromatic rings. The quantitative estimate of drug-likeness (QED) is 0.442. The third-order valence-electron chi connectivity index (χ3n) is 6.41. The molecule has 5 rings (SSSR count). The summed E-state index contributed by atoms with van der Waals surface area (Å²) in [7, 11) is 0. The van der Waals surface area contributed by atoms with Gasteiger partial charge in [-0.05, 0) is 56.5 Å². The molecule has 1 atom stereocenters. The highest BCUT2D eigenvalue weighted by molar-refractivity contribution is 6.08. The Morgan fingerprint density at radius 1 is 1.08 bits per heavy atom. The van der Waals surface area contributed by atoms with E-state index in [0.717, 1.165) is 54.3 Å². The molecule has 1 N–H and O–H groups in total. The fourth-order valence-corrected chi connectivity index (χ4v) is 4.67. The molecule has 1 saturated heterocycles. The van der Waals surface area contributed by atoms with E-state index in [0.29, 0.717) is 16.3 Å². The van der Waals surface area contributed by atoms with E-state index in [9.17, 15) is 18.4 Å². The van der Waals surface area contributed by atoms with Gasteiger partial charge in [0.15, 0.2) is 11.6 Å². The summed E-state index contributed by atoms with van der Waals surface area (Å²) < 4.78 is 31.1. The minimum atomic E-state index is -0.958. The molecule has 0 unspecified atom stereocenters. The van der Waals surface area contributed by atoms with Crippen LogP contribution in [0.1, 0.15) is 43.7 Å². The van der Waals surface area contributed by atoms with Crippen LogP contribution in [0, 0.1) is 17.6 Å². The van der Waals surface area contributed by atoms with Crippen molar-refractivity contribution < 1.29 is 13.6 Å². The van der Waals surface area contributed by atoms with Gasteiger partial charge in [0.1, 0.15) is 11.4 Å². The van der Waals surface area contributed by atoms with E-state index >= 15 is 0 Å². The summed E-state index contributed by atoms with van der Waals surface area (Å²) >= 11 is 0. The minimum Gasteiger partial charge on any atom is -0.369 e. The summed E-state index contributed by atoms with van der Waals surface area (Å²) in [4.78, 5) is 27.8. The molecule has 1 aliphatic heterocycles. The summed E-state index contributed by atoms with van der Waals surface area (Å²) in [5.41, 5.74) is 0.846. The summed E-state index contributed by atoms with van der Waals surface area (Å²) in [6, 6.07) is 9.43. The largest absolute Gasteiger partial charge is 0.369 e. The molecule has 0 radical (unpaired) electrons. The number of benzene rings is 2. The third kappa shape index (κ3) is 4.12. The zero-order valence-corrected chi connectivity index (χ0v) is 20.2. The zero-order chi connectivity index (χ0) is 25.6. The number of halogens is 2. The van der Waals surface area contributed by atoms with Gasteiger partial charge in [-0.3, -0.25) is 14.3 Å². The fraction of sp³-hybridized carbons (Fsp3) is 0.308. The molecule has 2 aromatic carbocycles. The van der Waals surface area contributed by atoms with Crippen molar-refractivity contribution >= 4 is 28.2 Å². The van der Waals surface area contributed by atoms with Crippen LogP contribution in [0.25, 0.3) is 16.6 Å². The smallest absolute Gasteiger partial charge is 0.276 e. The van der Waals surface area contributed by atoms with Crippen LogP contribution in [0.5, 0.6) is 0 Å². The van der Waals surface area contributed by atoms with Gasteiger partial charge >= 0.3 is 0 Å². The molecule has 2 aromatic heterocycles. The molecule has 36 heavy (non-hydrogen) atoms. The number of anilines is 2. The van der Waals surface area contributed by atoms with Gasteiger partial charge in [0.05, 0.1) is 23.1 Å². The van der Waals surface area contributed by atoms with Gasteiger partial charge in [0.2, 0.25) is 0 Å². The van der Waals surface area contributed by atoms with Crippen LogP contribution in [0.15, 0.2) is 53.5 Å². The Hall–Kier alpha value is -4.08. The van der Waals surface area contributed by atoms with Crippen molar-refractivity contribution in [3.63, 3.8) is 0 Å². The topological polar surface area (TPSA) is 85.0 Å². The Morgan fingerprint density at radius 2 is 1.83 bits per heavy atom. The van der Waals surface area contributed by atoms with Gasteiger partial charge in [-0.1, -0.05) is 13.0 Å². The molecule has 1 aliphatic rings. The van der Waals surface area contributed by atoms with Crippen molar-refractivity contribution in [3.05, 3.63) is 76.3 Å². The van der Waals surface area contributed by atoms with Gasteiger partial charge in [-0.2, -0.15) is 14.9 Å². The molecule has 186 valence electrons. The monoisotopic (exact) mass is 492 g/mol. The van der Waals surface area contributed by atoms with Crippen molar-refractivity contribution in [1.82, 2.24) is 19.6 Å². The molecule has 0 aliphatic carbocycles. The van der Waals surface area contributed by atoms with E-state index in [2.05, 4.69) is 41.2 Å². The second-order valence-corrected chi connectivity index (χ2v) is 9.41. The van der Waals surface area contributed by atoms with Gasteiger partial charge < -0.3 is 10.2 Å². The van der Waals surface area contributed by atoms with Crippen LogP contribution in [0.4, 0.5) is 20.2 Å². The van der Waals surface area contributed by atoms with Gasteiger partial charge in [-0.25, -0.2) is 8.78 Å². The highest BCUT2D eigenvalue weighted by Gasteiger charge is 2.26. The molecule has 0 saturated carbocycles. The Bertz CT molecular complexity index is 1510. The van der Waals surface area contributed by atoms with Crippen LogP contribution in [0.3, 0.4) is 0 Å². The van der Waals surface area contributed by atoms with Crippen molar-refractivity contribution in [1.29, 1.82) is 0 Å². The molecule has 0 spiro atoms. The second-order valence-electron chi connectivity index (χ2n) is 9.41. The highest BCUT2D eigenvalue weighted by Crippen LogP contribution is 2.38. The van der Waals surface area contributed by atoms with Crippen molar-refractivity contribution in [3.8, 4) is 5.69 Å². The number of rotatable bonds is 5. The number of para-hydroxylation sites is 1. The maximum atomic E-state index is 14.3. The lowest BCUT2D eigenvalue weighted by atomic mass is 10.1. The molecule has 1 amide bonds. The normalized spacial score (nSPS) is 15.7. The Balaban J connectivity index is 1.56. The Kier molecular flexibility index (Phi) is 6.03. The van der Waals surface area contributed by atoms with E-state index < -0.39 is 28.8 Å². The molecular weight excluding hydrogens is 466 g/mol. The Labute approximate surface area is 206 Å². The van der Waals surface area contributed by atoms with Crippen LogP contribution in [-0.2, 0) is 0 Å². The number of hydrogen-bond acceptors (Lipinski definition) is 5. The number of carbonyl (C=O) groups is 1. The third-order valence-corrected chi connectivity index (χ3v) is 6.41. The van der Waals surface area contributed by atoms with E-state index in [-0.39, 0.29) is 11.7 Å². The number of hydrogen-bond donors (Lipinski definition) is 1. The summed E-state index contributed by atoms with van der Waals surface area (Å²) in [5, 5.41) is 12.3. The van der Waals surface area contributed by atoms with E-state index in [1.54, 1.807) is 0 Å². The molecule has 10 heteroatoms. The first-order valence-corrected chi connectivity index (χ1v) is 11.9. The van der Waals surface area contributed by atoms with E-state index in [4.69, 9.17) is 0 Å². The SMILES string of the molecule is CC(C)n1ncc2c(N3CC[C@H](C)C3)c(NC(=O)c3ccc(=O)n(-c4c(F)cccc4F)n3)ccc21. The van der Waals surface area contributed by atoms with Crippen LogP contribution < -0.4 is 15.8 Å². The molecule has 0 bridgehead atoms. The van der Waals surface area contributed by atoms with Gasteiger partial charge in [0.25, 0.3) is 11.5 Å². The summed E-state index contributed by atoms with van der Waals surface area (Å²) in [6.07, 6.45) is 2.84. The van der Waals surface area contributed by atoms with Crippen molar-refractivity contribution in [2.24, 2.45) is 5.92 Å². The first kappa shape index (κ1) is 23.7. The molecule has 3 heterocycles. The lowest BCUT2D eigenvalue weighted by molar-refractivity contribution is 0.102. The fourth-order valence-electron chi connectivity index (χ4n) is 4.67. The highest BCUT2D eigenvalue weighted by atomic mass is 19.1. The number of nitrogens with zero attached hydrogens (tertiary/aromatic N) is 5. The summed E-state index contributed by atoms with van der Waals surface area (Å²) in [6.45, 7) is 7.97. The lowest BCUT2D eigenvalue weighted by Gasteiger charge is -2.23. The zero-order valence-electron chi connectivity index (χ0n) is 20.2. The van der Waals surface area contributed by atoms with Crippen molar-refractivity contribution in [2.45, 2.75) is 33.2 Å². The van der Waals surface area contributed by atoms with Gasteiger partial charge in [0, 0.05) is 30.6 Å². The first-order valence-electron chi connectivity index (χ1n) is 11.9. The summed E-state index contributed by atoms with van der Waals surface area (Å²) in [5.74, 6) is -2.02. The van der Waals surface area contributed by atoms with E-state index in [1.165, 1.54) is 12.1 Å². The van der Waals surface area contributed by atoms with Crippen LogP contribution in [0.2, 0.25) is 0 Å². The van der Waals surface area contributed by atoms with Crippen LogP contribution >= 0.6 is 0 Å². The second kappa shape index (κ2) is 9.18.